The maximum Gasteiger partial charge on any atom is 0.417 e. The molecule has 4 rings (SSSR count). The molecular weight excluding hydrogens is 413 g/mol. The molecule has 0 fully saturated rings. The van der Waals surface area contributed by atoms with Crippen molar-refractivity contribution in [1.29, 1.82) is 0 Å². The maximum atomic E-state index is 12.6. The molecule has 1 amide bonds. The molecule has 5 nitrogen and oxygen atoms in total. The van der Waals surface area contributed by atoms with Crippen molar-refractivity contribution in [2.75, 3.05) is 11.1 Å². The number of nitrogens with one attached hydrogen (secondary N) is 1. The summed E-state index contributed by atoms with van der Waals surface area (Å²) in [6.07, 6.45) is 1.66. The number of halogens is 3. The Labute approximate surface area is 175 Å². The minimum atomic E-state index is -4.42. The highest BCUT2D eigenvalue weighted by Crippen LogP contribution is 2.30. The van der Waals surface area contributed by atoms with Crippen molar-refractivity contribution in [3.05, 3.63) is 60.0 Å². The van der Waals surface area contributed by atoms with Gasteiger partial charge in [0.05, 0.1) is 16.3 Å². The van der Waals surface area contributed by atoms with Gasteiger partial charge in [-0.05, 0) is 55.7 Å². The first-order valence-electron chi connectivity index (χ1n) is 9.51. The van der Waals surface area contributed by atoms with Crippen LogP contribution in [0.1, 0.15) is 24.1 Å². The average Bonchev–Trinajstić information content (AvgIpc) is 3.17. The highest BCUT2D eigenvalue weighted by atomic mass is 32.2. The van der Waals surface area contributed by atoms with Gasteiger partial charge in [-0.2, -0.15) is 13.2 Å². The molecular formula is C21H19F3N4OS. The number of thioether (sulfide) groups is 1. The van der Waals surface area contributed by atoms with E-state index in [9.17, 15) is 18.0 Å². The third-order valence-corrected chi connectivity index (χ3v) is 5.79. The Morgan fingerprint density at radius 3 is 2.57 bits per heavy atom. The van der Waals surface area contributed by atoms with Crippen LogP contribution in [0.4, 0.5) is 18.9 Å². The number of hydrogen-bond donors (Lipinski definition) is 1. The topological polar surface area (TPSA) is 59.8 Å². The van der Waals surface area contributed by atoms with E-state index >= 15 is 0 Å². The van der Waals surface area contributed by atoms with Crippen LogP contribution in [0.2, 0.25) is 0 Å². The molecule has 3 aromatic rings. The number of aryl methyl sites for hydroxylation is 1. The van der Waals surface area contributed by atoms with Crippen LogP contribution in [0.3, 0.4) is 0 Å². The smallest absolute Gasteiger partial charge is 0.328 e. The molecule has 0 bridgehead atoms. The number of pyridine rings is 1. The highest BCUT2D eigenvalue weighted by Gasteiger charge is 2.30. The number of carbonyl (C=O) groups is 1. The first-order chi connectivity index (χ1) is 14.4. The van der Waals surface area contributed by atoms with Crippen molar-refractivity contribution in [3.63, 3.8) is 0 Å². The van der Waals surface area contributed by atoms with Gasteiger partial charge in [0.1, 0.15) is 5.82 Å². The Morgan fingerprint density at radius 2 is 1.87 bits per heavy atom. The quantitative estimate of drug-likeness (QED) is 0.575. The predicted molar refractivity (Wildman–Crippen MR) is 109 cm³/mol. The van der Waals surface area contributed by atoms with Crippen molar-refractivity contribution >= 4 is 23.4 Å². The zero-order chi connectivity index (χ0) is 21.1. The van der Waals surface area contributed by atoms with Crippen molar-refractivity contribution in [1.82, 2.24) is 14.5 Å². The summed E-state index contributed by atoms with van der Waals surface area (Å²) in [5, 5.41) is 3.15. The maximum absolute atomic E-state index is 12.6. The number of aromatic nitrogens is 3. The number of fused-ring (bicyclic) bond motifs is 1. The second-order valence-electron chi connectivity index (χ2n) is 6.98. The van der Waals surface area contributed by atoms with E-state index in [1.54, 1.807) is 0 Å². The lowest BCUT2D eigenvalue weighted by Gasteiger charge is -2.16. The van der Waals surface area contributed by atoms with Gasteiger partial charge in [-0.3, -0.25) is 4.79 Å². The van der Waals surface area contributed by atoms with Crippen LogP contribution >= 0.6 is 11.8 Å². The molecule has 0 unspecified atom stereocenters. The molecule has 0 saturated carbocycles. The summed E-state index contributed by atoms with van der Waals surface area (Å²) in [6.45, 7) is 0.971. The predicted octanol–water partition coefficient (Wildman–Crippen LogP) is 5.03. The number of amides is 1. The summed E-state index contributed by atoms with van der Waals surface area (Å²) in [7, 11) is 0. The minimum Gasteiger partial charge on any atom is -0.328 e. The number of hydrogen-bond acceptors (Lipinski definition) is 4. The standard InChI is InChI=1S/C21H19F3N4OS/c22-21(23,24)15-6-9-19(25-11-15)30-13-18(29)27-16-7-4-14(5-8-16)20-26-12-17-3-1-2-10-28(17)20/h4-9,11-12H,1-3,10,13H2,(H,27,29). The van der Waals surface area contributed by atoms with Crippen molar-refractivity contribution in [3.8, 4) is 11.4 Å². The van der Waals surface area contributed by atoms with Crippen LogP contribution in [-0.4, -0.2) is 26.2 Å². The molecule has 2 aromatic heterocycles. The Balaban J connectivity index is 1.33. The summed E-state index contributed by atoms with van der Waals surface area (Å²) < 4.78 is 39.9. The molecule has 9 heteroatoms. The molecule has 0 radical (unpaired) electrons. The van der Waals surface area contributed by atoms with Crippen molar-refractivity contribution in [2.24, 2.45) is 0 Å². The zero-order valence-electron chi connectivity index (χ0n) is 15.9. The van der Waals surface area contributed by atoms with Gasteiger partial charge in [-0.25, -0.2) is 9.97 Å². The normalized spacial score (nSPS) is 13.7. The molecule has 1 aliphatic heterocycles. The highest BCUT2D eigenvalue weighted by molar-refractivity contribution is 7.99. The fraction of sp³-hybridized carbons (Fsp3) is 0.286. The Bertz CT molecular complexity index is 1030. The summed E-state index contributed by atoms with van der Waals surface area (Å²) in [4.78, 5) is 20.5. The van der Waals surface area contributed by atoms with Gasteiger partial charge in [0.15, 0.2) is 0 Å². The first-order valence-corrected chi connectivity index (χ1v) is 10.5. The molecule has 3 heterocycles. The van der Waals surface area contributed by atoms with E-state index in [-0.39, 0.29) is 11.7 Å². The van der Waals surface area contributed by atoms with E-state index in [0.717, 1.165) is 54.8 Å². The van der Waals surface area contributed by atoms with Gasteiger partial charge >= 0.3 is 6.18 Å². The first kappa shape index (κ1) is 20.5. The van der Waals surface area contributed by atoms with Crippen LogP contribution in [0, 0.1) is 0 Å². The molecule has 0 atom stereocenters. The van der Waals surface area contributed by atoms with Crippen LogP contribution in [-0.2, 0) is 23.9 Å². The molecule has 30 heavy (non-hydrogen) atoms. The molecule has 0 saturated heterocycles. The van der Waals surface area contributed by atoms with Crippen LogP contribution in [0.25, 0.3) is 11.4 Å². The van der Waals surface area contributed by atoms with E-state index in [2.05, 4.69) is 19.9 Å². The fourth-order valence-electron chi connectivity index (χ4n) is 3.34. The number of imidazole rings is 1. The fourth-order valence-corrected chi connectivity index (χ4v) is 3.98. The van der Waals surface area contributed by atoms with Gasteiger partial charge in [0.2, 0.25) is 5.91 Å². The van der Waals surface area contributed by atoms with Gasteiger partial charge < -0.3 is 9.88 Å². The number of alkyl halides is 3. The number of carbonyl (C=O) groups excluding carboxylic acids is 1. The van der Waals surface area contributed by atoms with Gasteiger partial charge in [0.25, 0.3) is 0 Å². The summed E-state index contributed by atoms with van der Waals surface area (Å²) in [5.41, 5.74) is 2.08. The Kier molecular flexibility index (Phi) is 5.80. The largest absolute Gasteiger partial charge is 0.417 e. The third kappa shape index (κ3) is 4.67. The minimum absolute atomic E-state index is 0.0495. The second kappa shape index (κ2) is 8.51. The Morgan fingerprint density at radius 1 is 1.07 bits per heavy atom. The molecule has 0 aliphatic carbocycles. The van der Waals surface area contributed by atoms with Crippen LogP contribution in [0.15, 0.2) is 53.8 Å². The zero-order valence-corrected chi connectivity index (χ0v) is 16.8. The monoisotopic (exact) mass is 432 g/mol. The molecule has 1 aromatic carbocycles. The molecule has 1 N–H and O–H groups in total. The van der Waals surface area contributed by atoms with Crippen molar-refractivity contribution in [2.45, 2.75) is 37.0 Å². The van der Waals surface area contributed by atoms with E-state index in [1.807, 2.05) is 30.5 Å². The third-order valence-electron chi connectivity index (χ3n) is 4.84. The van der Waals surface area contributed by atoms with E-state index in [1.165, 1.54) is 18.2 Å². The van der Waals surface area contributed by atoms with Gasteiger partial charge in [0, 0.05) is 35.9 Å². The molecule has 156 valence electrons. The van der Waals surface area contributed by atoms with E-state index in [0.29, 0.717) is 10.7 Å². The lowest BCUT2D eigenvalue weighted by atomic mass is 10.1. The van der Waals surface area contributed by atoms with E-state index in [4.69, 9.17) is 0 Å². The Hall–Kier alpha value is -2.81. The summed E-state index contributed by atoms with van der Waals surface area (Å²) in [6, 6.07) is 9.70. The average molecular weight is 432 g/mol. The van der Waals surface area contributed by atoms with Gasteiger partial charge in [-0.15, -0.1) is 0 Å². The molecule has 0 spiro atoms. The lowest BCUT2D eigenvalue weighted by molar-refractivity contribution is -0.137. The number of nitrogens with zero attached hydrogens (tertiary/aromatic N) is 3. The van der Waals surface area contributed by atoms with Gasteiger partial charge in [-0.1, -0.05) is 11.8 Å². The number of rotatable bonds is 5. The second-order valence-corrected chi connectivity index (χ2v) is 7.97. The summed E-state index contributed by atoms with van der Waals surface area (Å²) in [5.74, 6) is 0.729. The summed E-state index contributed by atoms with van der Waals surface area (Å²) >= 11 is 1.08. The number of anilines is 1. The van der Waals surface area contributed by atoms with E-state index < -0.39 is 11.7 Å². The van der Waals surface area contributed by atoms with Crippen LogP contribution < -0.4 is 5.32 Å². The number of benzene rings is 1. The SMILES string of the molecule is O=C(CSc1ccc(C(F)(F)F)cn1)Nc1ccc(-c2ncc3n2CCCC3)cc1. The molecule has 1 aliphatic rings. The lowest BCUT2D eigenvalue weighted by Crippen LogP contribution is -2.14. The van der Waals surface area contributed by atoms with Crippen LogP contribution in [0.5, 0.6) is 0 Å². The van der Waals surface area contributed by atoms with Crippen molar-refractivity contribution < 1.29 is 18.0 Å².